The maximum Gasteiger partial charge on any atom is 0.318 e. The van der Waals surface area contributed by atoms with Gasteiger partial charge in [0, 0.05) is 106 Å². The van der Waals surface area contributed by atoms with E-state index in [0.717, 1.165) is 25.1 Å². The van der Waals surface area contributed by atoms with E-state index in [9.17, 15) is 39.3 Å². The summed E-state index contributed by atoms with van der Waals surface area (Å²) in [6.45, 7) is 18.9. The Hall–Kier alpha value is -5.57. The number of piperidine rings is 2. The second-order valence-electron chi connectivity index (χ2n) is 22.3. The smallest absolute Gasteiger partial charge is 0.318 e. The number of aliphatic imine (C=N–C) groups is 1. The van der Waals surface area contributed by atoms with E-state index in [-0.39, 0.29) is 69.1 Å². The largest absolute Gasteiger partial charge is 0.507 e. The van der Waals surface area contributed by atoms with E-state index in [2.05, 4.69) is 69.0 Å². The van der Waals surface area contributed by atoms with Gasteiger partial charge in [-0.1, -0.05) is 93.6 Å². The van der Waals surface area contributed by atoms with E-state index in [1.165, 1.54) is 20.1 Å². The van der Waals surface area contributed by atoms with Gasteiger partial charge in [-0.25, -0.2) is 0 Å². The molecule has 7 aliphatic rings. The number of aromatic hydroxyl groups is 1. The Balaban J connectivity index is 1.09. The van der Waals surface area contributed by atoms with Gasteiger partial charge < -0.3 is 54.9 Å². The summed E-state index contributed by atoms with van der Waals surface area (Å²) in [6, 6.07) is 10.3. The maximum absolute atomic E-state index is 14.9. The number of aliphatic hydroxyl groups excluding tert-OH is 2. The Morgan fingerprint density at radius 2 is 1.62 bits per heavy atom. The second-order valence-corrected chi connectivity index (χ2v) is 23.9. The van der Waals surface area contributed by atoms with Crippen LogP contribution in [0.4, 0.5) is 5.69 Å². The van der Waals surface area contributed by atoms with Crippen molar-refractivity contribution in [1.29, 1.82) is 0 Å². The monoisotopic (exact) mass is 1160 g/mol. The topological polar surface area (TPSA) is 220 Å². The zero-order chi connectivity index (χ0) is 55.1. The summed E-state index contributed by atoms with van der Waals surface area (Å²) >= 11 is 2.14. The number of allylic oxidation sites excluding steroid dienone is 5. The summed E-state index contributed by atoms with van der Waals surface area (Å²) in [5, 5.41) is 41.9. The van der Waals surface area contributed by atoms with Gasteiger partial charge in [0.15, 0.2) is 0 Å². The van der Waals surface area contributed by atoms with Crippen molar-refractivity contribution < 1.29 is 53.5 Å². The molecule has 17 nitrogen and oxygen atoms in total. The Labute approximate surface area is 460 Å². The van der Waals surface area contributed by atoms with Crippen LogP contribution in [0.2, 0.25) is 0 Å². The van der Waals surface area contributed by atoms with Crippen LogP contribution in [0.1, 0.15) is 119 Å². The number of anilines is 1. The number of nitrogens with zero attached hydrogens (tertiary/aromatic N) is 4. The average molecular weight is 1160 g/mol. The number of fused-ring (bicyclic) bond motifs is 13. The molecule has 410 valence electrons. The molecular weight excluding hydrogens is 1080 g/mol. The molecule has 0 radical (unpaired) electrons. The summed E-state index contributed by atoms with van der Waals surface area (Å²) in [4.78, 5) is 83.4. The molecule has 1 aliphatic carbocycles. The molecule has 5 bridgehead atoms. The van der Waals surface area contributed by atoms with Gasteiger partial charge in [0.1, 0.15) is 34.9 Å². The Morgan fingerprint density at radius 3 is 2.28 bits per heavy atom. The fourth-order valence-corrected chi connectivity index (χ4v) is 12.5. The van der Waals surface area contributed by atoms with Crippen LogP contribution in [0.15, 0.2) is 82.9 Å². The molecule has 2 aromatic rings. The summed E-state index contributed by atoms with van der Waals surface area (Å²) < 4.78 is 18.2. The molecule has 2 saturated heterocycles. The highest BCUT2D eigenvalue weighted by Gasteiger charge is 2.54. The predicted molar refractivity (Wildman–Crippen MR) is 297 cm³/mol. The summed E-state index contributed by atoms with van der Waals surface area (Å²) in [6.07, 6.45) is 7.39. The number of esters is 1. The van der Waals surface area contributed by atoms with Crippen molar-refractivity contribution in [3.8, 4) is 11.5 Å². The van der Waals surface area contributed by atoms with Crippen molar-refractivity contribution >= 4 is 63.3 Å². The predicted octanol–water partition coefficient (Wildman–Crippen LogP) is 6.90. The Morgan fingerprint density at radius 1 is 0.947 bits per heavy atom. The lowest BCUT2D eigenvalue weighted by atomic mass is 9.81. The van der Waals surface area contributed by atoms with Crippen molar-refractivity contribution in [2.45, 2.75) is 134 Å². The van der Waals surface area contributed by atoms with E-state index < -0.39 is 86.6 Å². The van der Waals surface area contributed by atoms with Crippen molar-refractivity contribution in [3.63, 3.8) is 0 Å². The zero-order valence-corrected chi connectivity index (χ0v) is 47.6. The molecule has 76 heavy (non-hydrogen) atoms. The van der Waals surface area contributed by atoms with Gasteiger partial charge in [-0.2, -0.15) is 0 Å². The number of amides is 2. The first-order valence-electron chi connectivity index (χ1n) is 26.8. The number of halogens is 1. The van der Waals surface area contributed by atoms with E-state index in [4.69, 9.17) is 19.2 Å². The molecule has 2 aromatic carbocycles. The van der Waals surface area contributed by atoms with Crippen LogP contribution in [-0.2, 0) is 23.9 Å². The quantitative estimate of drug-likeness (QED) is 0.0825. The Kier molecular flexibility index (Phi) is 17.0. The molecule has 2 amide bonds. The molecule has 0 aromatic heterocycles. The average Bonchev–Trinajstić information content (AvgIpc) is 3.95. The normalized spacial score (nSPS) is 30.3. The van der Waals surface area contributed by atoms with Gasteiger partial charge in [0.25, 0.3) is 11.7 Å². The summed E-state index contributed by atoms with van der Waals surface area (Å²) in [5.74, 6) is -8.10. The first-order valence-corrected chi connectivity index (χ1v) is 28.0. The summed E-state index contributed by atoms with van der Waals surface area (Å²) in [5.41, 5.74) is 0.847. The number of Topliss-reactive ketones (excluding diaryl/α,β-unsaturated/α-hetero) is 2. The third-order valence-electron chi connectivity index (χ3n) is 16.4. The number of phenolic OH excluding ortho intramolecular Hbond substituents is 1. The number of phenols is 1. The SMILES string of the molecule is C/C1=C/C=C/[C@H](C)[C@H](O)[C@@H](C)[C@@H](O)[C@@H](C)[C@H](OC(=O)C(C)C(=O)N2CCC(N(C)c3ccccc3)CC2)[C@H](I)C/C=C/O[C@@]2(C)Oc3c(C)c(O)c4c(c3C2=O)C2=NC3(CCN(CC(C)C)CC3)NC2=C(NC1=O)C4=O. The third kappa shape index (κ3) is 11.1. The van der Waals surface area contributed by atoms with Gasteiger partial charge in [0.2, 0.25) is 11.7 Å². The number of ketones is 2. The fraction of sp³-hybridized carbons (Fsp3) is 0.552. The lowest BCUT2D eigenvalue weighted by Gasteiger charge is -2.39. The molecule has 1 unspecified atom stereocenters. The van der Waals surface area contributed by atoms with Crippen LogP contribution < -0.4 is 20.3 Å². The second kappa shape index (κ2) is 22.8. The number of benzene rings is 2. The molecule has 9 rings (SSSR count). The number of hydrogen-bond donors (Lipinski definition) is 5. The van der Waals surface area contributed by atoms with Crippen molar-refractivity contribution in [1.82, 2.24) is 20.4 Å². The number of likely N-dealkylation sites (tertiary alicyclic amines) is 2. The molecule has 1 spiro atoms. The van der Waals surface area contributed by atoms with E-state index in [1.54, 1.807) is 63.8 Å². The number of para-hydroxylation sites is 1. The highest BCUT2D eigenvalue weighted by atomic mass is 127. The molecule has 6 aliphatic heterocycles. The molecule has 5 N–H and O–H groups in total. The molecule has 18 heteroatoms. The van der Waals surface area contributed by atoms with Gasteiger partial charge in [-0.3, -0.25) is 29.0 Å². The minimum Gasteiger partial charge on any atom is -0.507 e. The first-order chi connectivity index (χ1) is 36.0. The summed E-state index contributed by atoms with van der Waals surface area (Å²) in [7, 11) is 2.05. The van der Waals surface area contributed by atoms with E-state index in [1.807, 2.05) is 25.2 Å². The number of carbonyl (C=O) groups is 5. The van der Waals surface area contributed by atoms with Gasteiger partial charge in [-0.15, -0.1) is 0 Å². The molecule has 2 fully saturated rings. The molecular formula is C58H75IN6O11. The highest BCUT2D eigenvalue weighted by molar-refractivity contribution is 14.1. The van der Waals surface area contributed by atoms with Crippen LogP contribution in [0.3, 0.4) is 0 Å². The van der Waals surface area contributed by atoms with Crippen molar-refractivity contribution in [3.05, 3.63) is 100 Å². The van der Waals surface area contributed by atoms with Crippen molar-refractivity contribution in [2.75, 3.05) is 44.7 Å². The number of aliphatic hydroxyl groups is 2. The standard InChI is InChI=1S/C58H75IN6O11/c1-31(2)30-64-27-23-58(24-28-64)61-44-41-42-49(68)36(7)52-43(41)53(70)57(9,76-52)74-29-15-20-40(59)51(75-56(73)37(8)55(72)65-25-21-39(22-26-65)63(10)38-18-12-11-13-19-38)35(6)48(67)34(5)47(66)32(3)16-14-17-33(4)54(71)60-46(50(42)69)45(44)62-58/h11-19,29,31-32,34-35,37,39-40,47-48,51,62,66-68H,20-28,30H2,1-10H3,(H,60,71)/b16-14+,29-15+,33-17-/t32-,34+,35+,37?,40+,47-,48+,51-,57-/m0/s1. The number of ether oxygens (including phenoxy) is 3. The minimum absolute atomic E-state index is 0.0162. The van der Waals surface area contributed by atoms with Crippen LogP contribution in [0.25, 0.3) is 0 Å². The minimum atomic E-state index is -1.97. The van der Waals surface area contributed by atoms with Crippen LogP contribution in [0, 0.1) is 36.5 Å². The van der Waals surface area contributed by atoms with Crippen molar-refractivity contribution in [2.24, 2.45) is 34.6 Å². The fourth-order valence-electron chi connectivity index (χ4n) is 11.5. The number of carbonyl (C=O) groups excluding carboxylic acids is 5. The maximum atomic E-state index is 14.9. The van der Waals surface area contributed by atoms with Gasteiger partial charge >= 0.3 is 11.8 Å². The zero-order valence-electron chi connectivity index (χ0n) is 45.4. The number of nitrogens with one attached hydrogen (secondary N) is 2. The number of rotatable bonds is 7. The first kappa shape index (κ1) is 56.6. The lowest BCUT2D eigenvalue weighted by molar-refractivity contribution is -0.164. The van der Waals surface area contributed by atoms with E-state index in [0.29, 0.717) is 44.9 Å². The molecule has 6 heterocycles. The van der Waals surface area contributed by atoms with Crippen LogP contribution in [-0.4, -0.2) is 140 Å². The highest BCUT2D eigenvalue weighted by Crippen LogP contribution is 2.50. The van der Waals surface area contributed by atoms with E-state index >= 15 is 0 Å². The van der Waals surface area contributed by atoms with Crippen LogP contribution in [0.5, 0.6) is 11.5 Å². The van der Waals surface area contributed by atoms with Gasteiger partial charge in [-0.05, 0) is 64.2 Å². The van der Waals surface area contributed by atoms with Crippen LogP contribution >= 0.6 is 22.6 Å². The Bertz CT molecular complexity index is 2760. The number of alkyl halides is 1. The lowest BCUT2D eigenvalue weighted by Crippen LogP contribution is -2.50. The molecule has 0 saturated carbocycles. The van der Waals surface area contributed by atoms with Gasteiger partial charge in [0.05, 0.1) is 44.9 Å². The number of hydrogen-bond acceptors (Lipinski definition) is 15. The molecule has 9 atom stereocenters. The third-order valence-corrected chi connectivity index (χ3v) is 17.6.